The van der Waals surface area contributed by atoms with E-state index < -0.39 is 0 Å². The van der Waals surface area contributed by atoms with Gasteiger partial charge < -0.3 is 0 Å². The van der Waals surface area contributed by atoms with Crippen LogP contribution in [0.1, 0.15) is 71.6 Å². The van der Waals surface area contributed by atoms with Crippen molar-refractivity contribution >= 4 is 11.6 Å². The predicted molar refractivity (Wildman–Crippen MR) is 71.7 cm³/mol. The summed E-state index contributed by atoms with van der Waals surface area (Å²) in [6.45, 7) is 7.93. The lowest BCUT2D eigenvalue weighted by atomic mass is 10.0. The van der Waals surface area contributed by atoms with Gasteiger partial charge >= 0.3 is 0 Å². The van der Waals surface area contributed by atoms with Crippen LogP contribution < -0.4 is 0 Å². The Bertz CT molecular complexity index is 144. The van der Waals surface area contributed by atoms with Gasteiger partial charge in [-0.25, -0.2) is 0 Å². The van der Waals surface area contributed by atoms with Crippen LogP contribution in [0.15, 0.2) is 12.7 Å². The lowest BCUT2D eigenvalue weighted by Gasteiger charge is -2.14. The molecule has 0 rings (SSSR count). The highest BCUT2D eigenvalue weighted by Gasteiger charge is 2.11. The van der Waals surface area contributed by atoms with E-state index in [1.165, 1.54) is 51.4 Å². The number of rotatable bonds is 10. The van der Waals surface area contributed by atoms with Gasteiger partial charge in [-0.2, -0.15) is 0 Å². The zero-order valence-corrected chi connectivity index (χ0v) is 11.3. The molecule has 90 valence electrons. The molecule has 0 atom stereocenters. The van der Waals surface area contributed by atoms with E-state index in [-0.39, 0.29) is 4.87 Å². The molecule has 0 saturated heterocycles. The second-order valence-corrected chi connectivity index (χ2v) is 6.04. The van der Waals surface area contributed by atoms with E-state index in [1.807, 2.05) is 6.08 Å². The first-order valence-corrected chi connectivity index (χ1v) is 6.74. The summed E-state index contributed by atoms with van der Waals surface area (Å²) in [7, 11) is 0. The molecule has 0 N–H and O–H groups in total. The molecule has 0 nitrogen and oxygen atoms in total. The lowest BCUT2D eigenvalue weighted by molar-refractivity contribution is 0.529. The Balaban J connectivity index is 3.02. The highest BCUT2D eigenvalue weighted by atomic mass is 35.5. The smallest absolute Gasteiger partial charge is 0.0390 e. The van der Waals surface area contributed by atoms with Gasteiger partial charge in [0, 0.05) is 4.87 Å². The molecule has 0 aliphatic rings. The summed E-state index contributed by atoms with van der Waals surface area (Å²) in [5, 5.41) is 0. The third-order valence-electron chi connectivity index (χ3n) is 2.68. The quantitative estimate of drug-likeness (QED) is 0.257. The summed E-state index contributed by atoms with van der Waals surface area (Å²) >= 11 is 6.12. The van der Waals surface area contributed by atoms with Gasteiger partial charge in [0.05, 0.1) is 0 Å². The molecular formula is C14H27Cl. The largest absolute Gasteiger partial charge is 0.120 e. The van der Waals surface area contributed by atoms with Crippen molar-refractivity contribution in [1.29, 1.82) is 0 Å². The van der Waals surface area contributed by atoms with Crippen LogP contribution in [0, 0.1) is 0 Å². The number of hydrogen-bond donors (Lipinski definition) is 0. The highest BCUT2D eigenvalue weighted by Crippen LogP contribution is 2.21. The van der Waals surface area contributed by atoms with Crippen LogP contribution in [0.4, 0.5) is 0 Å². The molecule has 0 aromatic heterocycles. The van der Waals surface area contributed by atoms with Crippen LogP contribution >= 0.6 is 11.6 Å². The molecule has 15 heavy (non-hydrogen) atoms. The predicted octanol–water partition coefficient (Wildman–Crippen LogP) is 5.70. The maximum absolute atomic E-state index is 6.12. The summed E-state index contributed by atoms with van der Waals surface area (Å²) in [6.07, 6.45) is 13.8. The average Bonchev–Trinajstić information content (AvgIpc) is 2.14. The van der Waals surface area contributed by atoms with Crippen LogP contribution in [0.3, 0.4) is 0 Å². The number of hydrogen-bond acceptors (Lipinski definition) is 0. The third kappa shape index (κ3) is 14.0. The minimum Gasteiger partial charge on any atom is -0.120 e. The molecular weight excluding hydrogens is 204 g/mol. The molecule has 0 fully saturated rings. The normalized spacial score (nSPS) is 11.7. The van der Waals surface area contributed by atoms with Crippen molar-refractivity contribution in [3.05, 3.63) is 12.7 Å². The van der Waals surface area contributed by atoms with Crippen molar-refractivity contribution in [3.8, 4) is 0 Å². The van der Waals surface area contributed by atoms with Crippen molar-refractivity contribution in [1.82, 2.24) is 0 Å². The Labute approximate surface area is 101 Å². The van der Waals surface area contributed by atoms with E-state index in [2.05, 4.69) is 20.4 Å². The zero-order valence-electron chi connectivity index (χ0n) is 10.5. The first-order chi connectivity index (χ1) is 7.06. The van der Waals surface area contributed by atoms with Gasteiger partial charge in [0.2, 0.25) is 0 Å². The Morgan fingerprint density at radius 1 is 0.933 bits per heavy atom. The summed E-state index contributed by atoms with van der Waals surface area (Å²) < 4.78 is 0. The standard InChI is InChI=1S/C14H27Cl/c1-4-5-6-7-8-9-10-11-12-13-14(2,3)15/h4H,1,5-13H2,2-3H3. The van der Waals surface area contributed by atoms with E-state index in [1.54, 1.807) is 0 Å². The Morgan fingerprint density at radius 2 is 1.40 bits per heavy atom. The summed E-state index contributed by atoms with van der Waals surface area (Å²) in [6, 6.07) is 0. The molecule has 0 aliphatic heterocycles. The summed E-state index contributed by atoms with van der Waals surface area (Å²) in [4.78, 5) is 0.00393. The van der Waals surface area contributed by atoms with Crippen molar-refractivity contribution in [2.75, 3.05) is 0 Å². The molecule has 0 aliphatic carbocycles. The lowest BCUT2D eigenvalue weighted by Crippen LogP contribution is -2.08. The van der Waals surface area contributed by atoms with Crippen molar-refractivity contribution < 1.29 is 0 Å². The van der Waals surface area contributed by atoms with E-state index >= 15 is 0 Å². The monoisotopic (exact) mass is 230 g/mol. The molecule has 0 aromatic carbocycles. The molecule has 0 saturated carbocycles. The van der Waals surface area contributed by atoms with E-state index in [9.17, 15) is 0 Å². The second kappa shape index (κ2) is 9.27. The van der Waals surface area contributed by atoms with Crippen LogP contribution in [-0.2, 0) is 0 Å². The van der Waals surface area contributed by atoms with Gasteiger partial charge in [0.1, 0.15) is 0 Å². The topological polar surface area (TPSA) is 0 Å². The van der Waals surface area contributed by atoms with E-state index in [0.717, 1.165) is 6.42 Å². The maximum Gasteiger partial charge on any atom is 0.0390 e. The van der Waals surface area contributed by atoms with Crippen LogP contribution in [-0.4, -0.2) is 4.87 Å². The van der Waals surface area contributed by atoms with Gasteiger partial charge in [-0.05, 0) is 33.1 Å². The summed E-state index contributed by atoms with van der Waals surface area (Å²) in [5.74, 6) is 0. The van der Waals surface area contributed by atoms with Crippen molar-refractivity contribution in [2.45, 2.75) is 76.5 Å². The van der Waals surface area contributed by atoms with Gasteiger partial charge in [0.25, 0.3) is 0 Å². The number of halogens is 1. The SMILES string of the molecule is C=CCCCCCCCCCC(C)(C)Cl. The Hall–Kier alpha value is 0.0300. The minimum absolute atomic E-state index is 0.00393. The Morgan fingerprint density at radius 3 is 1.87 bits per heavy atom. The zero-order chi connectivity index (χ0) is 11.6. The first-order valence-electron chi connectivity index (χ1n) is 6.36. The number of unbranched alkanes of at least 4 members (excludes halogenated alkanes) is 7. The molecule has 0 heterocycles. The summed E-state index contributed by atoms with van der Waals surface area (Å²) in [5.41, 5.74) is 0. The first kappa shape index (κ1) is 15.0. The third-order valence-corrected chi connectivity index (χ3v) is 2.87. The van der Waals surface area contributed by atoms with E-state index in [4.69, 9.17) is 11.6 Å². The molecule has 0 spiro atoms. The molecule has 1 heteroatoms. The van der Waals surface area contributed by atoms with Gasteiger partial charge in [-0.15, -0.1) is 18.2 Å². The van der Waals surface area contributed by atoms with E-state index in [0.29, 0.717) is 0 Å². The molecule has 0 amide bonds. The van der Waals surface area contributed by atoms with Gasteiger partial charge in [0.15, 0.2) is 0 Å². The number of allylic oxidation sites excluding steroid dienone is 1. The molecule has 0 aromatic rings. The van der Waals surface area contributed by atoms with Crippen LogP contribution in [0.2, 0.25) is 0 Å². The van der Waals surface area contributed by atoms with Gasteiger partial charge in [-0.1, -0.05) is 44.6 Å². The van der Waals surface area contributed by atoms with Crippen molar-refractivity contribution in [2.24, 2.45) is 0 Å². The molecule has 0 bridgehead atoms. The Kier molecular flexibility index (Phi) is 9.29. The maximum atomic E-state index is 6.12. The minimum atomic E-state index is 0.00393. The average molecular weight is 231 g/mol. The molecule has 0 radical (unpaired) electrons. The van der Waals surface area contributed by atoms with Gasteiger partial charge in [-0.3, -0.25) is 0 Å². The van der Waals surface area contributed by atoms with Crippen molar-refractivity contribution in [3.63, 3.8) is 0 Å². The van der Waals surface area contributed by atoms with Crippen LogP contribution in [0.5, 0.6) is 0 Å². The fourth-order valence-corrected chi connectivity index (χ4v) is 1.85. The highest BCUT2D eigenvalue weighted by molar-refractivity contribution is 6.23. The number of alkyl halides is 1. The fourth-order valence-electron chi connectivity index (χ4n) is 1.72. The molecule has 0 unspecified atom stereocenters. The second-order valence-electron chi connectivity index (χ2n) is 5.02. The van der Waals surface area contributed by atoms with Crippen LogP contribution in [0.25, 0.3) is 0 Å². The fraction of sp³-hybridized carbons (Fsp3) is 0.857.